The average Bonchev–Trinajstić information content (AvgIpc) is 2.65. The fraction of sp³-hybridized carbons (Fsp3) is 0.579. The monoisotopic (exact) mass is 364 g/mol. The Morgan fingerprint density at radius 2 is 1.81 bits per heavy atom. The highest BCUT2D eigenvalue weighted by Crippen LogP contribution is 2.12. The number of carbonyl (C=O) groups is 2. The van der Waals surface area contributed by atoms with Crippen molar-refractivity contribution in [2.24, 2.45) is 0 Å². The number of ether oxygens (including phenoxy) is 3. The molecule has 1 N–H and O–H groups in total. The molecule has 1 aliphatic heterocycles. The van der Waals surface area contributed by atoms with E-state index in [1.807, 2.05) is 31.2 Å². The number of benzene rings is 1. The molecule has 26 heavy (non-hydrogen) atoms. The third-order valence-electron chi connectivity index (χ3n) is 4.26. The highest BCUT2D eigenvalue weighted by atomic mass is 16.5. The first kappa shape index (κ1) is 20.2. The second kappa shape index (κ2) is 10.8. The van der Waals surface area contributed by atoms with E-state index in [9.17, 15) is 9.59 Å². The van der Waals surface area contributed by atoms with Gasteiger partial charge >= 0.3 is 0 Å². The van der Waals surface area contributed by atoms with Crippen molar-refractivity contribution in [1.82, 2.24) is 10.2 Å². The number of rotatable bonds is 9. The van der Waals surface area contributed by atoms with E-state index in [1.54, 1.807) is 12.0 Å². The van der Waals surface area contributed by atoms with Gasteiger partial charge in [-0.2, -0.15) is 0 Å². The highest BCUT2D eigenvalue weighted by Gasteiger charge is 2.23. The van der Waals surface area contributed by atoms with Crippen molar-refractivity contribution in [3.63, 3.8) is 0 Å². The molecule has 0 radical (unpaired) electrons. The Labute approximate surface area is 154 Å². The molecule has 1 heterocycles. The van der Waals surface area contributed by atoms with Crippen LogP contribution in [0.15, 0.2) is 24.3 Å². The molecule has 0 spiro atoms. The Balaban J connectivity index is 1.62. The summed E-state index contributed by atoms with van der Waals surface area (Å²) in [6.45, 7) is 4.20. The van der Waals surface area contributed by atoms with Crippen LogP contribution in [-0.4, -0.2) is 69.4 Å². The summed E-state index contributed by atoms with van der Waals surface area (Å²) >= 11 is 0. The first-order valence-electron chi connectivity index (χ1n) is 8.92. The fourth-order valence-corrected chi connectivity index (χ4v) is 2.72. The molecular formula is C19H28N2O5. The third-order valence-corrected chi connectivity index (χ3v) is 4.26. The average molecular weight is 364 g/mol. The number of piperidine rings is 1. The zero-order chi connectivity index (χ0) is 18.8. The van der Waals surface area contributed by atoms with Crippen LogP contribution < -0.4 is 10.1 Å². The van der Waals surface area contributed by atoms with E-state index in [-0.39, 0.29) is 31.1 Å². The molecule has 1 aromatic carbocycles. The lowest BCUT2D eigenvalue weighted by molar-refractivity contribution is -0.137. The molecule has 1 fully saturated rings. The van der Waals surface area contributed by atoms with Crippen LogP contribution in [0, 0.1) is 6.92 Å². The lowest BCUT2D eigenvalue weighted by Crippen LogP contribution is -2.48. The minimum atomic E-state index is -0.141. The van der Waals surface area contributed by atoms with E-state index in [2.05, 4.69) is 5.32 Å². The van der Waals surface area contributed by atoms with Gasteiger partial charge in [-0.05, 0) is 31.9 Å². The van der Waals surface area contributed by atoms with Crippen LogP contribution in [0.1, 0.15) is 18.4 Å². The first-order chi connectivity index (χ1) is 12.6. The maximum absolute atomic E-state index is 12.0. The molecule has 7 heteroatoms. The number of nitrogens with zero attached hydrogens (tertiary/aromatic N) is 1. The van der Waals surface area contributed by atoms with Gasteiger partial charge in [-0.25, -0.2) is 0 Å². The molecule has 1 aromatic rings. The molecule has 2 rings (SSSR count). The Hall–Kier alpha value is -2.12. The second-order valence-electron chi connectivity index (χ2n) is 6.37. The van der Waals surface area contributed by atoms with Crippen molar-refractivity contribution >= 4 is 11.8 Å². The van der Waals surface area contributed by atoms with Crippen molar-refractivity contribution < 1.29 is 23.8 Å². The maximum Gasteiger partial charge on any atom is 0.258 e. The smallest absolute Gasteiger partial charge is 0.258 e. The predicted molar refractivity (Wildman–Crippen MR) is 97.1 cm³/mol. The van der Waals surface area contributed by atoms with Gasteiger partial charge in [-0.1, -0.05) is 17.7 Å². The number of carbonyl (C=O) groups excluding carboxylic acids is 2. The fourth-order valence-electron chi connectivity index (χ4n) is 2.72. The van der Waals surface area contributed by atoms with E-state index < -0.39 is 0 Å². The zero-order valence-electron chi connectivity index (χ0n) is 15.5. The van der Waals surface area contributed by atoms with Crippen molar-refractivity contribution in [3.05, 3.63) is 29.8 Å². The molecule has 0 atom stereocenters. The number of aryl methyl sites for hydroxylation is 1. The van der Waals surface area contributed by atoms with Gasteiger partial charge in [0.15, 0.2) is 6.61 Å². The van der Waals surface area contributed by atoms with Crippen LogP contribution in [0.5, 0.6) is 5.75 Å². The van der Waals surface area contributed by atoms with Crippen LogP contribution in [0.4, 0.5) is 0 Å². The minimum absolute atomic E-state index is 0.00442. The SMILES string of the molecule is COCCOCC(=O)N1CCC(NC(=O)COc2ccc(C)cc2)CC1. The largest absolute Gasteiger partial charge is 0.484 e. The van der Waals surface area contributed by atoms with Gasteiger partial charge in [-0.3, -0.25) is 9.59 Å². The van der Waals surface area contributed by atoms with Crippen LogP contribution in [0.3, 0.4) is 0 Å². The summed E-state index contributed by atoms with van der Waals surface area (Å²) in [5.41, 5.74) is 1.15. The Morgan fingerprint density at radius 1 is 1.12 bits per heavy atom. The number of likely N-dealkylation sites (tertiary alicyclic amines) is 1. The number of hydrogen-bond donors (Lipinski definition) is 1. The topological polar surface area (TPSA) is 77.1 Å². The van der Waals surface area contributed by atoms with Crippen LogP contribution in [0.25, 0.3) is 0 Å². The molecule has 1 aliphatic rings. The number of methoxy groups -OCH3 is 1. The maximum atomic E-state index is 12.0. The summed E-state index contributed by atoms with van der Waals surface area (Å²) in [7, 11) is 1.59. The van der Waals surface area contributed by atoms with Gasteiger partial charge in [-0.15, -0.1) is 0 Å². The minimum Gasteiger partial charge on any atom is -0.484 e. The molecule has 0 unspecified atom stereocenters. The van der Waals surface area contributed by atoms with Crippen molar-refractivity contribution in [1.29, 1.82) is 0 Å². The van der Waals surface area contributed by atoms with Crippen LogP contribution in [-0.2, 0) is 19.1 Å². The highest BCUT2D eigenvalue weighted by molar-refractivity contribution is 5.78. The number of nitrogens with one attached hydrogen (secondary N) is 1. The summed E-state index contributed by atoms with van der Waals surface area (Å²) in [4.78, 5) is 25.8. The zero-order valence-corrected chi connectivity index (χ0v) is 15.5. The van der Waals surface area contributed by atoms with Gasteiger partial charge in [0.05, 0.1) is 13.2 Å². The molecule has 0 aliphatic carbocycles. The normalized spacial score (nSPS) is 14.9. The van der Waals surface area contributed by atoms with Gasteiger partial charge in [0, 0.05) is 26.2 Å². The van der Waals surface area contributed by atoms with Gasteiger partial charge in [0.25, 0.3) is 5.91 Å². The summed E-state index contributed by atoms with van der Waals surface area (Å²) in [6.07, 6.45) is 1.47. The molecule has 0 saturated carbocycles. The van der Waals surface area contributed by atoms with Crippen LogP contribution >= 0.6 is 0 Å². The third kappa shape index (κ3) is 7.01. The van der Waals surface area contributed by atoms with E-state index in [1.165, 1.54) is 0 Å². The van der Waals surface area contributed by atoms with Gasteiger partial charge in [0.2, 0.25) is 5.91 Å². The molecule has 0 bridgehead atoms. The molecule has 1 saturated heterocycles. The van der Waals surface area contributed by atoms with Gasteiger partial charge < -0.3 is 24.4 Å². The first-order valence-corrected chi connectivity index (χ1v) is 8.92. The standard InChI is InChI=1S/C19H28N2O5/c1-15-3-5-17(6-4-15)26-13-18(22)20-16-7-9-21(10-8-16)19(23)14-25-12-11-24-2/h3-6,16H,7-14H2,1-2H3,(H,20,22). The van der Waals surface area contributed by atoms with E-state index in [4.69, 9.17) is 14.2 Å². The van der Waals surface area contributed by atoms with Gasteiger partial charge in [0.1, 0.15) is 12.4 Å². The summed E-state index contributed by atoms with van der Waals surface area (Å²) in [5.74, 6) is 0.520. The van der Waals surface area contributed by atoms with Crippen molar-refractivity contribution in [2.45, 2.75) is 25.8 Å². The van der Waals surface area contributed by atoms with E-state index in [0.29, 0.717) is 32.1 Å². The summed E-state index contributed by atoms with van der Waals surface area (Å²) < 4.78 is 15.6. The number of hydrogen-bond acceptors (Lipinski definition) is 5. The Kier molecular flexibility index (Phi) is 8.37. The Bertz CT molecular complexity index is 568. The lowest BCUT2D eigenvalue weighted by atomic mass is 10.1. The molecule has 144 valence electrons. The molecule has 2 amide bonds. The summed E-state index contributed by atoms with van der Waals surface area (Å²) in [5, 5.41) is 2.97. The quantitative estimate of drug-likeness (QED) is 0.665. The molecular weight excluding hydrogens is 336 g/mol. The van der Waals surface area contributed by atoms with E-state index >= 15 is 0 Å². The number of amides is 2. The Morgan fingerprint density at radius 3 is 2.46 bits per heavy atom. The molecule has 0 aromatic heterocycles. The second-order valence-corrected chi connectivity index (χ2v) is 6.37. The van der Waals surface area contributed by atoms with Crippen molar-refractivity contribution in [3.8, 4) is 5.75 Å². The lowest BCUT2D eigenvalue weighted by Gasteiger charge is -2.32. The van der Waals surface area contributed by atoms with Crippen molar-refractivity contribution in [2.75, 3.05) is 46.6 Å². The predicted octanol–water partition coefficient (Wildman–Crippen LogP) is 1.14. The van der Waals surface area contributed by atoms with Crippen LogP contribution in [0.2, 0.25) is 0 Å². The van der Waals surface area contributed by atoms with E-state index in [0.717, 1.165) is 18.4 Å². The molecule has 7 nitrogen and oxygen atoms in total. The summed E-state index contributed by atoms with van der Waals surface area (Å²) in [6, 6.07) is 7.66.